The van der Waals surface area contributed by atoms with E-state index in [2.05, 4.69) is 31.8 Å². The van der Waals surface area contributed by atoms with Crippen molar-refractivity contribution in [3.8, 4) is 0 Å². The SMILES string of the molecule is CCC[CH2][Sn](/[CH]=C1/[C@H](C)O[C@H]2O[C@H](COC(C)=O)[C@@H](OC(C)=O)C[C@@H]12)([CH2]CCC)[CH2]CCC. The number of carbonyl (C=O) groups excluding carboxylic acids is 2. The zero-order chi connectivity index (χ0) is 24.4. The topological polar surface area (TPSA) is 71.1 Å². The molecule has 2 heterocycles. The summed E-state index contributed by atoms with van der Waals surface area (Å²) in [7, 11) is 0. The van der Waals surface area contributed by atoms with Crippen LogP contribution in [0.5, 0.6) is 0 Å². The molecule has 7 heteroatoms. The fourth-order valence-electron chi connectivity index (χ4n) is 5.31. The molecular weight excluding hydrogens is 527 g/mol. The van der Waals surface area contributed by atoms with Crippen molar-refractivity contribution in [2.45, 2.75) is 124 Å². The molecule has 0 aromatic heterocycles. The molecule has 0 spiro atoms. The van der Waals surface area contributed by atoms with E-state index in [1.807, 2.05) is 0 Å². The Kier molecular flexibility index (Phi) is 12.2. The van der Waals surface area contributed by atoms with Crippen molar-refractivity contribution in [1.29, 1.82) is 0 Å². The molecule has 6 nitrogen and oxygen atoms in total. The Morgan fingerprint density at radius 3 is 2.03 bits per heavy atom. The van der Waals surface area contributed by atoms with Gasteiger partial charge in [0.15, 0.2) is 0 Å². The Morgan fingerprint density at radius 2 is 1.55 bits per heavy atom. The first kappa shape index (κ1) is 28.6. The van der Waals surface area contributed by atoms with Crippen molar-refractivity contribution in [2.24, 2.45) is 5.92 Å². The first-order valence-electron chi connectivity index (χ1n) is 13.1. The van der Waals surface area contributed by atoms with Gasteiger partial charge in [-0.2, -0.15) is 0 Å². The van der Waals surface area contributed by atoms with Crippen LogP contribution in [0.3, 0.4) is 0 Å². The second-order valence-electron chi connectivity index (χ2n) is 9.93. The molecule has 0 amide bonds. The van der Waals surface area contributed by atoms with Crippen LogP contribution in [0, 0.1) is 5.92 Å². The van der Waals surface area contributed by atoms with Crippen molar-refractivity contribution in [1.82, 2.24) is 0 Å². The number of hydrogen-bond acceptors (Lipinski definition) is 6. The van der Waals surface area contributed by atoms with Gasteiger partial charge < -0.3 is 0 Å². The van der Waals surface area contributed by atoms with Crippen LogP contribution < -0.4 is 0 Å². The minimum absolute atomic E-state index is 0.00593. The second kappa shape index (κ2) is 14.1. The van der Waals surface area contributed by atoms with Crippen LogP contribution >= 0.6 is 0 Å². The molecule has 0 radical (unpaired) electrons. The third kappa shape index (κ3) is 8.53. The predicted octanol–water partition coefficient (Wildman–Crippen LogP) is 5.95. The Labute approximate surface area is 205 Å². The third-order valence-electron chi connectivity index (χ3n) is 7.10. The molecule has 2 fully saturated rings. The molecule has 190 valence electrons. The zero-order valence-electron chi connectivity index (χ0n) is 21.7. The molecule has 2 rings (SSSR count). The van der Waals surface area contributed by atoms with Crippen molar-refractivity contribution in [2.75, 3.05) is 6.61 Å². The molecule has 0 saturated carbocycles. The van der Waals surface area contributed by atoms with Gasteiger partial charge in [-0.1, -0.05) is 0 Å². The maximum absolute atomic E-state index is 11.8. The van der Waals surface area contributed by atoms with E-state index < -0.39 is 30.6 Å². The number of hydrogen-bond donors (Lipinski definition) is 0. The van der Waals surface area contributed by atoms with Gasteiger partial charge in [0.2, 0.25) is 0 Å². The van der Waals surface area contributed by atoms with Gasteiger partial charge >= 0.3 is 205 Å². The van der Waals surface area contributed by atoms with Crippen molar-refractivity contribution < 1.29 is 28.5 Å². The second-order valence-corrected chi connectivity index (χ2v) is 22.8. The predicted molar refractivity (Wildman–Crippen MR) is 132 cm³/mol. The van der Waals surface area contributed by atoms with E-state index in [1.165, 1.54) is 71.3 Å². The molecule has 0 N–H and O–H groups in total. The van der Waals surface area contributed by atoms with Gasteiger partial charge in [0.1, 0.15) is 0 Å². The van der Waals surface area contributed by atoms with Gasteiger partial charge in [0.05, 0.1) is 0 Å². The van der Waals surface area contributed by atoms with Gasteiger partial charge in [0, 0.05) is 0 Å². The Morgan fingerprint density at radius 1 is 0.970 bits per heavy atom. The number of rotatable bonds is 13. The van der Waals surface area contributed by atoms with E-state index in [-0.39, 0.29) is 36.9 Å². The number of esters is 2. The van der Waals surface area contributed by atoms with E-state index in [1.54, 1.807) is 0 Å². The van der Waals surface area contributed by atoms with Crippen LogP contribution in [0.15, 0.2) is 9.67 Å². The Balaban J connectivity index is 2.33. The summed E-state index contributed by atoms with van der Waals surface area (Å²) >= 11 is -2.54. The summed E-state index contributed by atoms with van der Waals surface area (Å²) in [6.45, 7) is 11.9. The van der Waals surface area contributed by atoms with E-state index in [4.69, 9.17) is 18.9 Å². The number of fused-ring (bicyclic) bond motifs is 1. The molecule has 2 aliphatic heterocycles. The van der Waals surface area contributed by atoms with E-state index in [0.29, 0.717) is 6.42 Å². The van der Waals surface area contributed by atoms with Crippen LogP contribution in [0.1, 0.15) is 86.5 Å². The molecule has 2 aliphatic rings. The Hall–Kier alpha value is -0.601. The summed E-state index contributed by atoms with van der Waals surface area (Å²) in [5.41, 5.74) is 1.38. The molecule has 0 aliphatic carbocycles. The van der Waals surface area contributed by atoms with Crippen molar-refractivity contribution in [3.05, 3.63) is 9.67 Å². The van der Waals surface area contributed by atoms with Crippen LogP contribution in [-0.4, -0.2) is 61.5 Å². The van der Waals surface area contributed by atoms with E-state index >= 15 is 0 Å². The van der Waals surface area contributed by atoms with Crippen LogP contribution in [0.2, 0.25) is 13.3 Å². The van der Waals surface area contributed by atoms with Gasteiger partial charge in [-0.3, -0.25) is 0 Å². The van der Waals surface area contributed by atoms with Crippen molar-refractivity contribution >= 4 is 30.3 Å². The third-order valence-corrected chi connectivity index (χ3v) is 21.4. The minimum atomic E-state index is -2.54. The summed E-state index contributed by atoms with van der Waals surface area (Å²) in [4.78, 5) is 23.1. The van der Waals surface area contributed by atoms with Crippen molar-refractivity contribution in [3.63, 3.8) is 0 Å². The molecule has 0 aromatic rings. The zero-order valence-corrected chi connectivity index (χ0v) is 24.5. The average Bonchev–Trinajstić information content (AvgIpc) is 3.06. The molecular formula is C26H46O6Sn. The molecule has 33 heavy (non-hydrogen) atoms. The molecule has 2 saturated heterocycles. The van der Waals surface area contributed by atoms with E-state index in [9.17, 15) is 9.59 Å². The quantitative estimate of drug-likeness (QED) is 0.201. The summed E-state index contributed by atoms with van der Waals surface area (Å²) in [5.74, 6) is -0.612. The van der Waals surface area contributed by atoms with Gasteiger partial charge in [-0.05, 0) is 0 Å². The fraction of sp³-hybridized carbons (Fsp3) is 0.846. The standard InChI is InChI=1S/C14H19O6.3C4H9.Sn/c1-7-8(2)18-14-11(7)5-12(19-10(4)16)13(20-14)6-17-9(3)15;3*1-3-4-2;/h1,8,11-14H,5-6H2,2-4H3;3*1,3-4H2,2H3;/t8-,11-,12-,13+,14-;;;;/m0..../s1. The Bertz CT molecular complexity index is 641. The van der Waals surface area contributed by atoms with Gasteiger partial charge in [-0.15, -0.1) is 0 Å². The first-order valence-corrected chi connectivity index (χ1v) is 20.8. The molecule has 0 aromatic carbocycles. The van der Waals surface area contributed by atoms with Gasteiger partial charge in [-0.25, -0.2) is 0 Å². The normalized spacial score (nSPS) is 28.5. The number of carbonyl (C=O) groups is 2. The van der Waals surface area contributed by atoms with Crippen LogP contribution in [0.4, 0.5) is 0 Å². The number of ether oxygens (including phenoxy) is 4. The first-order chi connectivity index (χ1) is 15.7. The van der Waals surface area contributed by atoms with Crippen LogP contribution in [-0.2, 0) is 28.5 Å². The molecule has 0 bridgehead atoms. The maximum atomic E-state index is 11.8. The monoisotopic (exact) mass is 574 g/mol. The van der Waals surface area contributed by atoms with Crippen LogP contribution in [0.25, 0.3) is 0 Å². The summed E-state index contributed by atoms with van der Waals surface area (Å²) in [6, 6.07) is 0. The average molecular weight is 573 g/mol. The summed E-state index contributed by atoms with van der Waals surface area (Å²) in [5, 5.41) is 0. The van der Waals surface area contributed by atoms with E-state index in [0.717, 1.165) is 0 Å². The fourth-order valence-corrected chi connectivity index (χ4v) is 21.0. The van der Waals surface area contributed by atoms with Gasteiger partial charge in [0.25, 0.3) is 0 Å². The summed E-state index contributed by atoms with van der Waals surface area (Å²) in [6.07, 6.45) is 7.02. The number of unbranched alkanes of at least 4 members (excludes halogenated alkanes) is 3. The molecule has 5 atom stereocenters. The molecule has 0 unspecified atom stereocenters. The summed E-state index contributed by atoms with van der Waals surface area (Å²) < 4.78 is 30.3.